The summed E-state index contributed by atoms with van der Waals surface area (Å²) in [4.78, 5) is 0. The molecule has 0 bridgehead atoms. The van der Waals surface area contributed by atoms with Crippen LogP contribution in [-0.4, -0.2) is 5.11 Å². The molecular weight excluding hydrogens is 244 g/mol. The third kappa shape index (κ3) is 1.94. The van der Waals surface area contributed by atoms with Gasteiger partial charge in [0.25, 0.3) is 0 Å². The Hall–Kier alpha value is -0.820. The molecule has 2 aliphatic rings. The molecule has 110 valence electrons. The molecule has 1 fully saturated rings. The molecule has 0 saturated heterocycles. The summed E-state index contributed by atoms with van der Waals surface area (Å²) < 4.78 is 0. The monoisotopic (exact) mass is 272 g/mol. The maximum Gasteiger partial charge on any atom is 0.0684 e. The first-order chi connectivity index (χ1) is 9.38. The predicted octanol–water partition coefficient (Wildman–Crippen LogP) is 4.52. The Balaban J connectivity index is 2.14. The molecule has 2 aliphatic carbocycles. The highest BCUT2D eigenvalue weighted by molar-refractivity contribution is 5.44. The average Bonchev–Trinajstić information content (AvgIpc) is 2.37. The largest absolute Gasteiger partial charge is 0.392 e. The summed E-state index contributed by atoms with van der Waals surface area (Å²) in [6.45, 7) is 9.70. The van der Waals surface area contributed by atoms with Gasteiger partial charge in [-0.3, -0.25) is 0 Å². The lowest BCUT2D eigenvalue weighted by atomic mass is 9.50. The first-order valence-corrected chi connectivity index (χ1v) is 8.12. The lowest BCUT2D eigenvalue weighted by Crippen LogP contribution is -2.47. The Morgan fingerprint density at radius 1 is 1.20 bits per heavy atom. The Morgan fingerprint density at radius 3 is 2.65 bits per heavy atom. The Bertz CT molecular complexity index is 529. The van der Waals surface area contributed by atoms with Crippen molar-refractivity contribution in [1.82, 2.24) is 0 Å². The van der Waals surface area contributed by atoms with E-state index < -0.39 is 0 Å². The third-order valence-electron chi connectivity index (χ3n) is 6.28. The fourth-order valence-electron chi connectivity index (χ4n) is 5.18. The molecule has 1 heteroatoms. The summed E-state index contributed by atoms with van der Waals surface area (Å²) in [7, 11) is 0. The third-order valence-corrected chi connectivity index (χ3v) is 6.28. The highest BCUT2D eigenvalue weighted by Crippen LogP contribution is 2.57. The van der Waals surface area contributed by atoms with Crippen LogP contribution in [0.25, 0.3) is 0 Å². The molecule has 0 amide bonds. The SMILES string of the molecule is Cc1cc2c(cc1CO)[C@@]1(C)CCCC(C)(C)[C@@H]1CC2. The van der Waals surface area contributed by atoms with Crippen LogP contribution in [0.15, 0.2) is 12.1 Å². The van der Waals surface area contributed by atoms with Crippen LogP contribution in [-0.2, 0) is 18.4 Å². The van der Waals surface area contributed by atoms with Crippen molar-refractivity contribution in [3.8, 4) is 0 Å². The number of aliphatic hydroxyl groups is 1. The van der Waals surface area contributed by atoms with E-state index in [2.05, 4.69) is 39.8 Å². The Labute approximate surface area is 123 Å². The van der Waals surface area contributed by atoms with Gasteiger partial charge in [0.2, 0.25) is 0 Å². The van der Waals surface area contributed by atoms with Gasteiger partial charge in [0.15, 0.2) is 0 Å². The topological polar surface area (TPSA) is 20.2 Å². The molecule has 0 heterocycles. The summed E-state index contributed by atoms with van der Waals surface area (Å²) in [5, 5.41) is 9.60. The van der Waals surface area contributed by atoms with Gasteiger partial charge in [-0.1, -0.05) is 39.3 Å². The summed E-state index contributed by atoms with van der Waals surface area (Å²) in [5.41, 5.74) is 6.21. The van der Waals surface area contributed by atoms with Crippen molar-refractivity contribution in [3.05, 3.63) is 34.4 Å². The van der Waals surface area contributed by atoms with Crippen molar-refractivity contribution in [2.24, 2.45) is 11.3 Å². The zero-order valence-corrected chi connectivity index (χ0v) is 13.4. The van der Waals surface area contributed by atoms with Gasteiger partial charge >= 0.3 is 0 Å². The first kappa shape index (κ1) is 14.1. The van der Waals surface area contributed by atoms with E-state index in [1.807, 2.05) is 0 Å². The van der Waals surface area contributed by atoms with Crippen molar-refractivity contribution in [2.75, 3.05) is 0 Å². The Kier molecular flexibility index (Phi) is 3.25. The van der Waals surface area contributed by atoms with Crippen LogP contribution in [0.5, 0.6) is 0 Å². The van der Waals surface area contributed by atoms with Crippen molar-refractivity contribution in [1.29, 1.82) is 0 Å². The molecule has 1 aromatic carbocycles. The van der Waals surface area contributed by atoms with Crippen LogP contribution in [0.4, 0.5) is 0 Å². The van der Waals surface area contributed by atoms with Gasteiger partial charge in [-0.25, -0.2) is 0 Å². The van der Waals surface area contributed by atoms with Crippen molar-refractivity contribution in [2.45, 2.75) is 71.8 Å². The van der Waals surface area contributed by atoms with Gasteiger partial charge in [-0.05, 0) is 71.6 Å². The number of aryl methyl sites for hydroxylation is 2. The zero-order valence-electron chi connectivity index (χ0n) is 13.4. The van der Waals surface area contributed by atoms with E-state index >= 15 is 0 Å². The molecule has 0 spiro atoms. The van der Waals surface area contributed by atoms with E-state index in [0.29, 0.717) is 10.8 Å². The van der Waals surface area contributed by atoms with E-state index in [4.69, 9.17) is 0 Å². The van der Waals surface area contributed by atoms with Crippen LogP contribution in [0.1, 0.15) is 68.7 Å². The van der Waals surface area contributed by atoms with E-state index in [9.17, 15) is 5.11 Å². The molecule has 1 N–H and O–H groups in total. The van der Waals surface area contributed by atoms with Crippen LogP contribution in [0.3, 0.4) is 0 Å². The van der Waals surface area contributed by atoms with Crippen LogP contribution in [0.2, 0.25) is 0 Å². The number of hydrogen-bond donors (Lipinski definition) is 1. The molecule has 1 aromatic rings. The van der Waals surface area contributed by atoms with E-state index in [0.717, 1.165) is 11.5 Å². The average molecular weight is 272 g/mol. The second kappa shape index (κ2) is 4.59. The normalized spacial score (nSPS) is 31.6. The van der Waals surface area contributed by atoms with Crippen LogP contribution < -0.4 is 0 Å². The van der Waals surface area contributed by atoms with Crippen molar-refractivity contribution in [3.63, 3.8) is 0 Å². The summed E-state index contributed by atoms with van der Waals surface area (Å²) >= 11 is 0. The lowest BCUT2D eigenvalue weighted by Gasteiger charge is -2.54. The molecule has 0 unspecified atom stereocenters. The number of rotatable bonds is 1. The molecule has 0 radical (unpaired) electrons. The van der Waals surface area contributed by atoms with Gasteiger partial charge in [0.05, 0.1) is 6.61 Å². The molecule has 20 heavy (non-hydrogen) atoms. The fraction of sp³-hybridized carbons (Fsp3) is 0.684. The first-order valence-electron chi connectivity index (χ1n) is 8.12. The maximum atomic E-state index is 9.60. The van der Waals surface area contributed by atoms with Gasteiger partial charge < -0.3 is 5.11 Å². The van der Waals surface area contributed by atoms with E-state index in [1.165, 1.54) is 48.8 Å². The highest BCUT2D eigenvalue weighted by Gasteiger charge is 2.49. The van der Waals surface area contributed by atoms with E-state index in [1.54, 1.807) is 0 Å². The van der Waals surface area contributed by atoms with Crippen molar-refractivity contribution >= 4 is 0 Å². The molecular formula is C19H28O. The lowest BCUT2D eigenvalue weighted by molar-refractivity contribution is 0.0406. The number of fused-ring (bicyclic) bond motifs is 3. The minimum absolute atomic E-state index is 0.170. The zero-order chi connectivity index (χ0) is 14.5. The minimum atomic E-state index is 0.170. The number of aliphatic hydroxyl groups excluding tert-OH is 1. The quantitative estimate of drug-likeness (QED) is 0.797. The van der Waals surface area contributed by atoms with Gasteiger partial charge in [-0.2, -0.15) is 0 Å². The second-order valence-electron chi connectivity index (χ2n) is 7.94. The molecule has 3 rings (SSSR count). The van der Waals surface area contributed by atoms with Gasteiger partial charge in [-0.15, -0.1) is 0 Å². The second-order valence-corrected chi connectivity index (χ2v) is 7.94. The standard InChI is InChI=1S/C19H28O/c1-13-10-14-6-7-17-18(2,3)8-5-9-19(17,4)16(14)11-15(13)12-20/h10-11,17,20H,5-9,12H2,1-4H3/t17-,19+/m0/s1. The summed E-state index contributed by atoms with van der Waals surface area (Å²) in [6.07, 6.45) is 6.55. The smallest absolute Gasteiger partial charge is 0.0684 e. The summed E-state index contributed by atoms with van der Waals surface area (Å²) in [5.74, 6) is 0.783. The van der Waals surface area contributed by atoms with Gasteiger partial charge in [0, 0.05) is 0 Å². The molecule has 0 aliphatic heterocycles. The van der Waals surface area contributed by atoms with Crippen LogP contribution in [0, 0.1) is 18.3 Å². The van der Waals surface area contributed by atoms with Crippen LogP contribution >= 0.6 is 0 Å². The summed E-state index contributed by atoms with van der Waals surface area (Å²) in [6, 6.07) is 4.65. The molecule has 0 aromatic heterocycles. The van der Waals surface area contributed by atoms with E-state index in [-0.39, 0.29) is 6.61 Å². The number of hydrogen-bond acceptors (Lipinski definition) is 1. The number of benzene rings is 1. The Morgan fingerprint density at radius 2 is 1.95 bits per heavy atom. The molecule has 1 nitrogen and oxygen atoms in total. The molecule has 2 atom stereocenters. The van der Waals surface area contributed by atoms with Crippen molar-refractivity contribution < 1.29 is 5.11 Å². The maximum absolute atomic E-state index is 9.60. The predicted molar refractivity (Wildman–Crippen MR) is 83.9 cm³/mol. The molecule has 1 saturated carbocycles. The highest BCUT2D eigenvalue weighted by atomic mass is 16.3. The minimum Gasteiger partial charge on any atom is -0.392 e. The van der Waals surface area contributed by atoms with Gasteiger partial charge in [0.1, 0.15) is 0 Å². The fourth-order valence-corrected chi connectivity index (χ4v) is 5.18.